The highest BCUT2D eigenvalue weighted by Gasteiger charge is 2.32. The number of carboxylic acid groups (broad SMARTS) is 2. The fraction of sp³-hybridized carbons (Fsp3) is 0.424. The van der Waals surface area contributed by atoms with E-state index in [0.717, 1.165) is 62.5 Å². The highest BCUT2D eigenvalue weighted by Crippen LogP contribution is 2.35. The van der Waals surface area contributed by atoms with Gasteiger partial charge in [-0.3, -0.25) is 24.2 Å². The molecule has 0 saturated carbocycles. The molecular formula is C33H40N4O6. The Balaban J connectivity index is 1.74. The lowest BCUT2D eigenvalue weighted by Gasteiger charge is -2.14. The zero-order valence-corrected chi connectivity index (χ0v) is 25.4. The van der Waals surface area contributed by atoms with Crippen molar-refractivity contribution in [2.75, 3.05) is 0 Å². The summed E-state index contributed by atoms with van der Waals surface area (Å²) in [7, 11) is 0. The summed E-state index contributed by atoms with van der Waals surface area (Å²) in [6.07, 6.45) is 5.61. The van der Waals surface area contributed by atoms with Crippen LogP contribution < -0.4 is 10.6 Å². The lowest BCUT2D eigenvalue weighted by Crippen LogP contribution is -2.31. The van der Waals surface area contributed by atoms with Crippen molar-refractivity contribution in [1.29, 1.82) is 0 Å². The third-order valence-electron chi connectivity index (χ3n) is 8.86. The van der Waals surface area contributed by atoms with E-state index in [1.165, 1.54) is 0 Å². The fourth-order valence-corrected chi connectivity index (χ4v) is 6.28. The maximum absolute atomic E-state index is 12.4. The smallest absolute Gasteiger partial charge is 0.303 e. The first-order chi connectivity index (χ1) is 20.4. The van der Waals surface area contributed by atoms with Crippen LogP contribution in [0.3, 0.4) is 0 Å². The molecule has 1 aromatic heterocycles. The number of H-pyrrole nitrogens is 1. The summed E-state index contributed by atoms with van der Waals surface area (Å²) in [6.45, 7) is 13.4. The normalized spacial score (nSPS) is 21.2. The summed E-state index contributed by atoms with van der Waals surface area (Å²) in [5.74, 6) is -2.07. The summed E-state index contributed by atoms with van der Waals surface area (Å²) < 4.78 is 0. The average Bonchev–Trinajstić information content (AvgIpc) is 3.59. The topological polar surface area (TPSA) is 161 Å². The molecule has 2 atom stereocenters. The molecule has 0 aromatic carbocycles. The third kappa shape index (κ3) is 6.48. The Morgan fingerprint density at radius 3 is 2.19 bits per heavy atom. The van der Waals surface area contributed by atoms with Crippen LogP contribution in [0.1, 0.15) is 82.3 Å². The molecule has 5 N–H and O–H groups in total. The van der Waals surface area contributed by atoms with Crippen LogP contribution in [-0.2, 0) is 32.0 Å². The number of carbonyl (C=O) groups is 4. The van der Waals surface area contributed by atoms with E-state index >= 15 is 0 Å². The molecule has 2 amide bonds. The lowest BCUT2D eigenvalue weighted by molar-refractivity contribution is -0.138. The van der Waals surface area contributed by atoms with Gasteiger partial charge in [-0.25, -0.2) is 0 Å². The standard InChI is InChI=1S/C33H40N4O6/c1-7-20-19(6)32(42)37-27(20)14-25-18(5)23(10-12-31(40)41)29(35-25)15-28-22(9-11-30(38)39)17(4)24(34-28)13-26-16(3)21(8-2)33(43)36-26/h8,15,26-27,35H,2,7,9-14H2,1,3-6H3,(H,36,43)(H,37,42)(H,38,39)(H,40,41)/b28-15+/t26-,27+/m1/s1. The molecule has 4 heterocycles. The van der Waals surface area contributed by atoms with E-state index in [2.05, 4.69) is 22.2 Å². The number of hydrogen-bond acceptors (Lipinski definition) is 5. The SMILES string of the molecule is C=CC1=C(C)[C@@H](CC2=N/C(=C/c3[nH]c(C[C@@H]4NC(=O)C(C)=C4CC)c(C)c3CCC(=O)O)C(CCC(=O)O)=C2C)NC1=O. The molecule has 0 saturated heterocycles. The number of aromatic amines is 1. The van der Waals surface area contributed by atoms with Gasteiger partial charge in [-0.05, 0) is 86.5 Å². The molecule has 10 heteroatoms. The Morgan fingerprint density at radius 2 is 1.58 bits per heavy atom. The van der Waals surface area contributed by atoms with Crippen molar-refractivity contribution in [3.8, 4) is 0 Å². The first kappa shape index (κ1) is 31.5. The predicted molar refractivity (Wildman–Crippen MR) is 165 cm³/mol. The maximum atomic E-state index is 12.4. The Kier molecular flexibility index (Phi) is 9.37. The summed E-state index contributed by atoms with van der Waals surface area (Å²) >= 11 is 0. The minimum Gasteiger partial charge on any atom is -0.481 e. The van der Waals surface area contributed by atoms with E-state index < -0.39 is 11.9 Å². The molecule has 0 aliphatic carbocycles. The van der Waals surface area contributed by atoms with Crippen molar-refractivity contribution in [2.45, 2.75) is 91.6 Å². The number of aliphatic imine (C=N–C) groups is 1. The van der Waals surface area contributed by atoms with E-state index in [1.54, 1.807) is 6.08 Å². The van der Waals surface area contributed by atoms with E-state index in [4.69, 9.17) is 4.99 Å². The molecule has 4 rings (SSSR count). The first-order valence-electron chi connectivity index (χ1n) is 14.6. The molecular weight excluding hydrogens is 548 g/mol. The van der Waals surface area contributed by atoms with Crippen LogP contribution in [0.5, 0.6) is 0 Å². The molecule has 0 spiro atoms. The largest absolute Gasteiger partial charge is 0.481 e. The molecule has 3 aliphatic rings. The molecule has 0 fully saturated rings. The molecule has 43 heavy (non-hydrogen) atoms. The van der Waals surface area contributed by atoms with Crippen LogP contribution in [0, 0.1) is 6.92 Å². The number of hydrogen-bond donors (Lipinski definition) is 5. The second-order valence-electron chi connectivity index (χ2n) is 11.4. The van der Waals surface area contributed by atoms with Gasteiger partial charge in [-0.2, -0.15) is 0 Å². The average molecular weight is 589 g/mol. The van der Waals surface area contributed by atoms with Gasteiger partial charge >= 0.3 is 11.9 Å². The molecule has 0 unspecified atom stereocenters. The van der Waals surface area contributed by atoms with Crippen molar-refractivity contribution in [3.05, 3.63) is 74.3 Å². The second kappa shape index (κ2) is 12.8. The predicted octanol–water partition coefficient (Wildman–Crippen LogP) is 4.48. The van der Waals surface area contributed by atoms with E-state index in [-0.39, 0.29) is 43.2 Å². The molecule has 1 aromatic rings. The van der Waals surface area contributed by atoms with E-state index in [1.807, 2.05) is 40.7 Å². The van der Waals surface area contributed by atoms with Crippen molar-refractivity contribution in [3.63, 3.8) is 0 Å². The molecule has 0 bridgehead atoms. The summed E-state index contributed by atoms with van der Waals surface area (Å²) in [4.78, 5) is 56.2. The van der Waals surface area contributed by atoms with Crippen molar-refractivity contribution < 1.29 is 29.4 Å². The van der Waals surface area contributed by atoms with Crippen molar-refractivity contribution in [1.82, 2.24) is 15.6 Å². The van der Waals surface area contributed by atoms with Gasteiger partial charge in [-0.1, -0.05) is 19.6 Å². The summed E-state index contributed by atoms with van der Waals surface area (Å²) in [5, 5.41) is 24.9. The number of aromatic nitrogens is 1. The molecule has 3 aliphatic heterocycles. The van der Waals surface area contributed by atoms with Gasteiger partial charge in [0.1, 0.15) is 0 Å². The van der Waals surface area contributed by atoms with Gasteiger partial charge in [0.2, 0.25) is 5.91 Å². The van der Waals surface area contributed by atoms with Gasteiger partial charge < -0.3 is 25.8 Å². The van der Waals surface area contributed by atoms with Crippen LogP contribution in [0.25, 0.3) is 6.08 Å². The summed E-state index contributed by atoms with van der Waals surface area (Å²) in [5.41, 5.74) is 9.71. The Morgan fingerprint density at radius 1 is 0.930 bits per heavy atom. The number of aliphatic carboxylic acids is 2. The van der Waals surface area contributed by atoms with Gasteiger partial charge in [0.25, 0.3) is 5.91 Å². The quantitative estimate of drug-likeness (QED) is 0.228. The Hall–Kier alpha value is -4.47. The Bertz CT molecular complexity index is 1560. The second-order valence-corrected chi connectivity index (χ2v) is 11.4. The van der Waals surface area contributed by atoms with Crippen molar-refractivity contribution in [2.24, 2.45) is 4.99 Å². The van der Waals surface area contributed by atoms with E-state index in [9.17, 15) is 29.4 Å². The maximum Gasteiger partial charge on any atom is 0.303 e. The first-order valence-corrected chi connectivity index (χ1v) is 14.6. The number of carbonyl (C=O) groups excluding carboxylic acids is 2. The number of carboxylic acids is 2. The lowest BCUT2D eigenvalue weighted by atomic mass is 9.95. The number of nitrogens with zero attached hydrogens (tertiary/aromatic N) is 1. The van der Waals surface area contributed by atoms with Crippen LogP contribution in [0.2, 0.25) is 0 Å². The van der Waals surface area contributed by atoms with Crippen LogP contribution in [-0.4, -0.2) is 56.7 Å². The minimum atomic E-state index is -0.917. The minimum absolute atomic E-state index is 0.0540. The van der Waals surface area contributed by atoms with Crippen LogP contribution in [0.4, 0.5) is 0 Å². The van der Waals surface area contributed by atoms with Gasteiger partial charge in [0.15, 0.2) is 0 Å². The molecule has 228 valence electrons. The number of amides is 2. The highest BCUT2D eigenvalue weighted by atomic mass is 16.4. The zero-order chi connectivity index (χ0) is 31.6. The summed E-state index contributed by atoms with van der Waals surface area (Å²) in [6, 6.07) is -0.393. The zero-order valence-electron chi connectivity index (χ0n) is 25.4. The van der Waals surface area contributed by atoms with E-state index in [0.29, 0.717) is 30.5 Å². The number of nitrogens with one attached hydrogen (secondary N) is 3. The van der Waals surface area contributed by atoms with Gasteiger partial charge in [0.05, 0.1) is 17.8 Å². The van der Waals surface area contributed by atoms with Crippen LogP contribution >= 0.6 is 0 Å². The Labute approximate surface area is 251 Å². The van der Waals surface area contributed by atoms with Crippen LogP contribution in [0.15, 0.2) is 56.8 Å². The van der Waals surface area contributed by atoms with Gasteiger partial charge in [-0.15, -0.1) is 0 Å². The highest BCUT2D eigenvalue weighted by molar-refractivity contribution is 6.07. The van der Waals surface area contributed by atoms with Gasteiger partial charge in [0, 0.05) is 53.9 Å². The third-order valence-corrected chi connectivity index (χ3v) is 8.86. The fourth-order valence-electron chi connectivity index (χ4n) is 6.28. The number of rotatable bonds is 13. The monoisotopic (exact) mass is 588 g/mol. The number of allylic oxidation sites excluding steroid dienone is 2. The molecule has 10 nitrogen and oxygen atoms in total. The van der Waals surface area contributed by atoms with Crippen molar-refractivity contribution >= 4 is 35.5 Å². The molecule has 0 radical (unpaired) electrons.